The summed E-state index contributed by atoms with van der Waals surface area (Å²) >= 11 is 0. The van der Waals surface area contributed by atoms with Crippen molar-refractivity contribution in [1.82, 2.24) is 40.0 Å². The van der Waals surface area contributed by atoms with Crippen LogP contribution in [0.15, 0.2) is 122 Å². The summed E-state index contributed by atoms with van der Waals surface area (Å²) in [7, 11) is 0. The second-order valence-corrected chi connectivity index (χ2v) is 22.4. The van der Waals surface area contributed by atoms with Gasteiger partial charge in [-0.2, -0.15) is 20.7 Å². The summed E-state index contributed by atoms with van der Waals surface area (Å²) in [5.41, 5.74) is 8.33. The van der Waals surface area contributed by atoms with Crippen LogP contribution in [0.3, 0.4) is 0 Å². The zero-order valence-electron chi connectivity index (χ0n) is 46.6. The summed E-state index contributed by atoms with van der Waals surface area (Å²) in [6.45, 7) is 8.32. The molecule has 432 valence electrons. The second-order valence-electron chi connectivity index (χ2n) is 22.4. The van der Waals surface area contributed by atoms with E-state index in [1.165, 1.54) is 21.9 Å². The van der Waals surface area contributed by atoms with E-state index in [1.807, 2.05) is 105 Å². The van der Waals surface area contributed by atoms with Gasteiger partial charge in [0, 0.05) is 124 Å². The van der Waals surface area contributed by atoms with Crippen molar-refractivity contribution in [1.29, 1.82) is 10.5 Å². The molecule has 6 aliphatic rings. The van der Waals surface area contributed by atoms with E-state index in [0.717, 1.165) is 83.1 Å². The van der Waals surface area contributed by atoms with E-state index in [9.17, 15) is 37.5 Å². The maximum atomic E-state index is 14.5. The van der Waals surface area contributed by atoms with Gasteiger partial charge in [-0.1, -0.05) is 36.4 Å². The Labute approximate surface area is 491 Å². The predicted octanol–water partition coefficient (Wildman–Crippen LogP) is 6.37. The number of carbonyl (C=O) groups excluding carboxylic acids is 6. The Bertz CT molecular complexity index is 3940. The lowest BCUT2D eigenvalue weighted by Crippen LogP contribution is -2.53. The Balaban J connectivity index is 0.000000160. The fourth-order valence-electron chi connectivity index (χ4n) is 12.9. The fourth-order valence-corrected chi connectivity index (χ4v) is 12.9. The molecule has 2 atom stereocenters. The molecule has 0 aliphatic carbocycles. The van der Waals surface area contributed by atoms with Crippen LogP contribution in [-0.2, 0) is 45.4 Å². The smallest absolute Gasteiger partial charge is 0.259 e. The number of anilines is 4. The van der Waals surface area contributed by atoms with Gasteiger partial charge in [-0.05, 0) is 95.4 Å². The highest BCUT2D eigenvalue weighted by Gasteiger charge is 2.43. The molecular formula is C64H56F2N14O6. The summed E-state index contributed by atoms with van der Waals surface area (Å²) < 4.78 is 32.7. The Hall–Kier alpha value is -10.2. The Kier molecular flexibility index (Phi) is 14.6. The van der Waals surface area contributed by atoms with Crippen LogP contribution >= 0.6 is 0 Å². The van der Waals surface area contributed by atoms with Crippen LogP contribution < -0.4 is 30.2 Å². The van der Waals surface area contributed by atoms with E-state index >= 15 is 0 Å². The van der Waals surface area contributed by atoms with Gasteiger partial charge in [-0.25, -0.2) is 8.78 Å². The Morgan fingerprint density at radius 1 is 0.500 bits per heavy atom. The van der Waals surface area contributed by atoms with Crippen LogP contribution in [-0.4, -0.2) is 129 Å². The maximum Gasteiger partial charge on any atom is 0.259 e. The molecule has 0 unspecified atom stereocenters. The molecule has 0 radical (unpaired) electrons. The highest BCUT2D eigenvalue weighted by Crippen LogP contribution is 2.43. The number of imide groups is 2. The van der Waals surface area contributed by atoms with E-state index in [2.05, 4.69) is 30.6 Å². The standard InChI is InChI=1S/2C32H28FN7O3/c2*33-25-14-20(15-34)4-6-26(25)38-12-10-37(11-13-38)17-21-16-35-39(18-21)19-22-5-7-27-30-23(22)2-1-3-24(30)32(43)40(27)28-8-9-29(41)36-31(28)42/h2*1-7,14,16,18,28H,8-13,17,19H2,(H,36,41,42)/t2*28-/m10/s1. The zero-order valence-corrected chi connectivity index (χ0v) is 46.6. The lowest BCUT2D eigenvalue weighted by atomic mass is 10.00. The summed E-state index contributed by atoms with van der Waals surface area (Å²) in [6, 6.07) is 30.7. The molecular weight excluding hydrogens is 1100 g/mol. The number of halogens is 2. The van der Waals surface area contributed by atoms with Gasteiger partial charge >= 0.3 is 0 Å². The van der Waals surface area contributed by atoms with Gasteiger partial charge in [0.1, 0.15) is 23.7 Å². The average Bonchev–Trinajstić information content (AvgIpc) is 4.45. The number of hydrogen-bond donors (Lipinski definition) is 2. The first-order valence-electron chi connectivity index (χ1n) is 28.6. The molecule has 14 rings (SSSR count). The van der Waals surface area contributed by atoms with Crippen molar-refractivity contribution < 1.29 is 37.5 Å². The third kappa shape index (κ3) is 10.4. The van der Waals surface area contributed by atoms with Crippen LogP contribution in [0.2, 0.25) is 0 Å². The molecule has 4 fully saturated rings. The van der Waals surface area contributed by atoms with Crippen molar-refractivity contribution >= 4 is 79.7 Å². The predicted molar refractivity (Wildman–Crippen MR) is 314 cm³/mol. The summed E-state index contributed by atoms with van der Waals surface area (Å²) in [5.74, 6) is -2.71. The molecule has 20 nitrogen and oxygen atoms in total. The minimum atomic E-state index is -0.717. The van der Waals surface area contributed by atoms with E-state index in [-0.39, 0.29) is 48.1 Å². The van der Waals surface area contributed by atoms with Crippen molar-refractivity contribution in [2.24, 2.45) is 0 Å². The molecule has 6 amide bonds. The van der Waals surface area contributed by atoms with E-state index in [1.54, 1.807) is 36.4 Å². The fraction of sp³-hybridized carbons (Fsp3) is 0.281. The van der Waals surface area contributed by atoms with E-state index in [4.69, 9.17) is 10.5 Å². The minimum absolute atomic E-state index is 0.199. The highest BCUT2D eigenvalue weighted by molar-refractivity contribution is 6.28. The number of carbonyl (C=O) groups is 6. The van der Waals surface area contributed by atoms with Gasteiger partial charge < -0.3 is 9.80 Å². The molecule has 0 saturated carbocycles. The number of amides is 6. The van der Waals surface area contributed by atoms with Gasteiger partial charge in [0.2, 0.25) is 23.6 Å². The highest BCUT2D eigenvalue weighted by atomic mass is 19.1. The molecule has 6 aliphatic heterocycles. The van der Waals surface area contributed by atoms with Crippen LogP contribution in [0.25, 0.3) is 21.5 Å². The van der Waals surface area contributed by atoms with Gasteiger partial charge in [-0.3, -0.25) is 68.4 Å². The molecule has 86 heavy (non-hydrogen) atoms. The molecule has 6 aromatic carbocycles. The molecule has 8 heterocycles. The summed E-state index contributed by atoms with van der Waals surface area (Å²) in [6.07, 6.45) is 8.76. The van der Waals surface area contributed by atoms with Crippen molar-refractivity contribution in [2.45, 2.75) is 63.9 Å². The van der Waals surface area contributed by atoms with Crippen LogP contribution in [0.5, 0.6) is 0 Å². The van der Waals surface area contributed by atoms with E-state index < -0.39 is 23.9 Å². The summed E-state index contributed by atoms with van der Waals surface area (Å²) in [5, 5.41) is 35.4. The number of nitrogens with zero attached hydrogens (tertiary/aromatic N) is 12. The van der Waals surface area contributed by atoms with Crippen LogP contribution in [0.1, 0.15) is 79.8 Å². The number of benzene rings is 6. The quantitative estimate of drug-likeness (QED) is 0.127. The Morgan fingerprint density at radius 2 is 0.907 bits per heavy atom. The van der Waals surface area contributed by atoms with Crippen molar-refractivity contribution in [3.8, 4) is 12.1 Å². The molecule has 0 bridgehead atoms. The Morgan fingerprint density at radius 3 is 1.29 bits per heavy atom. The molecule has 22 heteroatoms. The van der Waals surface area contributed by atoms with Crippen LogP contribution in [0, 0.1) is 34.3 Å². The minimum Gasteiger partial charge on any atom is -0.367 e. The first-order valence-corrected chi connectivity index (χ1v) is 28.6. The molecule has 2 aromatic heterocycles. The number of piperazine rings is 2. The molecule has 8 aromatic rings. The van der Waals surface area contributed by atoms with Gasteiger partial charge in [0.15, 0.2) is 0 Å². The summed E-state index contributed by atoms with van der Waals surface area (Å²) in [4.78, 5) is 87.1. The van der Waals surface area contributed by atoms with Crippen LogP contribution in [0.4, 0.5) is 31.5 Å². The first kappa shape index (κ1) is 55.1. The number of nitriles is 2. The number of hydrogen-bond acceptors (Lipinski definition) is 14. The average molecular weight is 1160 g/mol. The number of piperidine rings is 2. The second kappa shape index (κ2) is 22.8. The number of nitrogens with one attached hydrogen (secondary N) is 2. The third-order valence-electron chi connectivity index (χ3n) is 17.1. The lowest BCUT2D eigenvalue weighted by molar-refractivity contribution is -0.135. The van der Waals surface area contributed by atoms with Gasteiger partial charge in [-0.15, -0.1) is 0 Å². The topological polar surface area (TPSA) is 229 Å². The maximum absolute atomic E-state index is 14.5. The molecule has 0 spiro atoms. The molecule has 2 N–H and O–H groups in total. The molecule has 4 saturated heterocycles. The largest absolute Gasteiger partial charge is 0.367 e. The first-order chi connectivity index (χ1) is 41.8. The van der Waals surface area contributed by atoms with Gasteiger partial charge in [0.05, 0.1) is 71.5 Å². The number of rotatable bonds is 12. The van der Waals surface area contributed by atoms with Crippen molar-refractivity contribution in [3.05, 3.63) is 178 Å². The van der Waals surface area contributed by atoms with E-state index in [0.29, 0.717) is 97.1 Å². The third-order valence-corrected chi connectivity index (χ3v) is 17.1. The zero-order chi connectivity index (χ0) is 59.3. The van der Waals surface area contributed by atoms with Crippen molar-refractivity contribution in [3.63, 3.8) is 0 Å². The lowest BCUT2D eigenvalue weighted by Gasteiger charge is -2.36. The monoisotopic (exact) mass is 1150 g/mol. The van der Waals surface area contributed by atoms with Gasteiger partial charge in [0.25, 0.3) is 11.8 Å². The SMILES string of the molecule is N#Cc1ccc(N2CCN(Cc3cnn(Cc4ccc5c6c(cccc46)C(=O)N5[C@@H]4CCC(=O)NC4=O)c3)CC2)c(F)c1.N#Cc1ccc(N2CCN(Cc3cnn(Cc4ccc5c6c(cccc46)C(=O)N5[C@H]4CCC(=O)NC4=O)c3)CC2)c(F)c1. The number of aromatic nitrogens is 4. The normalized spacial score (nSPS) is 18.8. The van der Waals surface area contributed by atoms with Crippen molar-refractivity contribution in [2.75, 3.05) is 72.0 Å².